The average Bonchev–Trinajstić information content (AvgIpc) is 3.00. The Balaban J connectivity index is 2.62. The number of ether oxygens (including phenoxy) is 2. The zero-order valence-corrected chi connectivity index (χ0v) is 31.1. The molecule has 0 bridgehead atoms. The van der Waals surface area contributed by atoms with Crippen molar-refractivity contribution in [1.82, 2.24) is 15.5 Å². The van der Waals surface area contributed by atoms with E-state index in [2.05, 4.69) is 17.6 Å². The first kappa shape index (κ1) is 41.3. The fourth-order valence-electron chi connectivity index (χ4n) is 5.44. The summed E-state index contributed by atoms with van der Waals surface area (Å²) in [7, 11) is 0. The second-order valence-electron chi connectivity index (χ2n) is 14.7. The van der Waals surface area contributed by atoms with Gasteiger partial charge in [-0.05, 0) is 78.5 Å². The van der Waals surface area contributed by atoms with Gasteiger partial charge in [-0.1, -0.05) is 93.1 Å². The molecular formula is C39H59N3O7. The summed E-state index contributed by atoms with van der Waals surface area (Å²) < 4.78 is 11.1. The molecule has 3 amide bonds. The number of aliphatic hydroxyl groups is 1. The van der Waals surface area contributed by atoms with Crippen molar-refractivity contribution in [2.75, 3.05) is 13.2 Å². The summed E-state index contributed by atoms with van der Waals surface area (Å²) in [5, 5.41) is 15.8. The first-order valence-corrected chi connectivity index (χ1v) is 17.5. The van der Waals surface area contributed by atoms with Crippen LogP contribution >= 0.6 is 0 Å². The topological polar surface area (TPSA) is 134 Å². The van der Waals surface area contributed by atoms with Crippen LogP contribution < -0.4 is 10.6 Å². The first-order valence-electron chi connectivity index (χ1n) is 17.5. The van der Waals surface area contributed by atoms with Crippen molar-refractivity contribution < 1.29 is 33.8 Å². The van der Waals surface area contributed by atoms with Gasteiger partial charge in [-0.25, -0.2) is 9.59 Å². The molecule has 3 N–H and O–H groups in total. The quantitative estimate of drug-likeness (QED) is 0.128. The number of carbonyl (C=O) groups excluding carboxylic acids is 4. The molecule has 3 atom stereocenters. The van der Waals surface area contributed by atoms with E-state index < -0.39 is 59.8 Å². The molecule has 10 nitrogen and oxygen atoms in total. The Morgan fingerprint density at radius 1 is 0.796 bits per heavy atom. The van der Waals surface area contributed by atoms with E-state index in [0.29, 0.717) is 12.0 Å². The minimum absolute atomic E-state index is 0.172. The number of hydrogen-bond acceptors (Lipinski definition) is 7. The van der Waals surface area contributed by atoms with Gasteiger partial charge in [0.05, 0.1) is 6.61 Å². The van der Waals surface area contributed by atoms with Gasteiger partial charge < -0.3 is 30.1 Å². The maximum Gasteiger partial charge on any atom is 0.408 e. The number of benzene rings is 2. The Labute approximate surface area is 293 Å². The molecule has 0 spiro atoms. The second kappa shape index (κ2) is 19.3. The van der Waals surface area contributed by atoms with E-state index in [-0.39, 0.29) is 13.0 Å². The highest BCUT2D eigenvalue weighted by Gasteiger charge is 2.38. The summed E-state index contributed by atoms with van der Waals surface area (Å²) in [6, 6.07) is 11.4. The number of carbonyl (C=O) groups is 4. The Hall–Kier alpha value is -3.92. The fourth-order valence-corrected chi connectivity index (χ4v) is 5.44. The molecule has 0 aromatic heterocycles. The van der Waals surface area contributed by atoms with E-state index in [9.17, 15) is 24.3 Å². The Morgan fingerprint density at radius 2 is 1.41 bits per heavy atom. The molecule has 0 fully saturated rings. The number of hydrogen-bond donors (Lipinski definition) is 3. The molecule has 0 aliphatic rings. The van der Waals surface area contributed by atoms with Gasteiger partial charge in [0.15, 0.2) is 0 Å². The molecule has 0 aliphatic heterocycles. The van der Waals surface area contributed by atoms with Crippen LogP contribution in [-0.4, -0.2) is 70.3 Å². The van der Waals surface area contributed by atoms with Crippen molar-refractivity contribution >= 4 is 23.9 Å². The van der Waals surface area contributed by atoms with Crippen LogP contribution in [0.5, 0.6) is 0 Å². The molecule has 2 aromatic rings. The summed E-state index contributed by atoms with van der Waals surface area (Å²) in [5.41, 5.74) is 1.41. The van der Waals surface area contributed by atoms with E-state index in [1.54, 1.807) is 41.5 Å². The monoisotopic (exact) mass is 681 g/mol. The molecule has 2 rings (SSSR count). The van der Waals surface area contributed by atoms with Gasteiger partial charge in [0.25, 0.3) is 0 Å². The van der Waals surface area contributed by atoms with Crippen molar-refractivity contribution in [3.63, 3.8) is 0 Å². The van der Waals surface area contributed by atoms with Crippen molar-refractivity contribution in [1.29, 1.82) is 0 Å². The number of rotatable bonds is 17. The standard InChI is InChI=1S/C39H59N3O7/c1-10-11-12-13-14-18-23-42(35(45)32(26-43)41-37(47)49-39(7,8)9)33(30-24-27(2)21-22-28(30)3)34(44)40-31(36(46)48-38(4,5)6)25-29-19-16-15-17-20-29/h15-17,19-22,24,31-33,43H,10-14,18,23,25-26H2,1-9H3,(H,40,44)(H,41,47). The van der Waals surface area contributed by atoms with Crippen LogP contribution in [0.25, 0.3) is 0 Å². The van der Waals surface area contributed by atoms with Gasteiger partial charge in [-0.3, -0.25) is 9.59 Å². The molecule has 0 saturated heterocycles. The second-order valence-corrected chi connectivity index (χ2v) is 14.7. The number of nitrogens with one attached hydrogen (secondary N) is 2. The number of nitrogens with zero attached hydrogens (tertiary/aromatic N) is 1. The Bertz CT molecular complexity index is 1360. The Kier molecular flexibility index (Phi) is 16.3. The summed E-state index contributed by atoms with van der Waals surface area (Å²) >= 11 is 0. The highest BCUT2D eigenvalue weighted by molar-refractivity contribution is 5.94. The van der Waals surface area contributed by atoms with E-state index in [1.165, 1.54) is 4.90 Å². The number of aliphatic hydroxyl groups excluding tert-OH is 1. The van der Waals surface area contributed by atoms with Crippen molar-refractivity contribution in [3.05, 3.63) is 70.8 Å². The highest BCUT2D eigenvalue weighted by atomic mass is 16.6. The van der Waals surface area contributed by atoms with Crippen molar-refractivity contribution in [2.45, 2.75) is 137 Å². The SMILES string of the molecule is CCCCCCCCN(C(=O)C(CO)NC(=O)OC(C)(C)C)C(C(=O)NC(Cc1ccccc1)C(=O)OC(C)(C)C)c1cc(C)ccc1C. The summed E-state index contributed by atoms with van der Waals surface area (Å²) in [6.45, 7) is 15.8. The molecular weight excluding hydrogens is 622 g/mol. The third-order valence-corrected chi connectivity index (χ3v) is 7.79. The lowest BCUT2D eigenvalue weighted by molar-refractivity contribution is -0.159. The van der Waals surface area contributed by atoms with Gasteiger partial charge in [0, 0.05) is 13.0 Å². The third kappa shape index (κ3) is 14.6. The average molecular weight is 682 g/mol. The zero-order valence-electron chi connectivity index (χ0n) is 31.1. The van der Waals surface area contributed by atoms with Gasteiger partial charge in [-0.2, -0.15) is 0 Å². The number of aryl methyl sites for hydroxylation is 2. The molecule has 10 heteroatoms. The van der Waals surface area contributed by atoms with Crippen LogP contribution in [0.2, 0.25) is 0 Å². The molecule has 0 radical (unpaired) electrons. The lowest BCUT2D eigenvalue weighted by Gasteiger charge is -2.36. The number of esters is 1. The van der Waals surface area contributed by atoms with Crippen LogP contribution in [0.4, 0.5) is 4.79 Å². The predicted molar refractivity (Wildman–Crippen MR) is 192 cm³/mol. The van der Waals surface area contributed by atoms with Gasteiger partial charge in [0.2, 0.25) is 11.8 Å². The minimum atomic E-state index is -1.37. The lowest BCUT2D eigenvalue weighted by atomic mass is 9.95. The number of alkyl carbamates (subject to hydrolysis) is 1. The number of unbranched alkanes of at least 4 members (excludes halogenated alkanes) is 5. The predicted octanol–water partition coefficient (Wildman–Crippen LogP) is 6.49. The summed E-state index contributed by atoms with van der Waals surface area (Å²) in [4.78, 5) is 56.7. The van der Waals surface area contributed by atoms with Crippen LogP contribution in [-0.2, 0) is 30.3 Å². The molecule has 0 heterocycles. The molecule has 49 heavy (non-hydrogen) atoms. The van der Waals surface area contributed by atoms with Crippen molar-refractivity contribution in [2.24, 2.45) is 0 Å². The lowest BCUT2D eigenvalue weighted by Crippen LogP contribution is -2.56. The smallest absolute Gasteiger partial charge is 0.408 e. The number of amides is 3. The van der Waals surface area contributed by atoms with E-state index in [0.717, 1.165) is 48.8 Å². The van der Waals surface area contributed by atoms with Crippen LogP contribution in [0.3, 0.4) is 0 Å². The highest BCUT2D eigenvalue weighted by Crippen LogP contribution is 2.28. The third-order valence-electron chi connectivity index (χ3n) is 7.79. The summed E-state index contributed by atoms with van der Waals surface area (Å²) in [5.74, 6) is -1.81. The largest absolute Gasteiger partial charge is 0.458 e. The molecule has 272 valence electrons. The van der Waals surface area contributed by atoms with Crippen LogP contribution in [0.1, 0.15) is 115 Å². The maximum absolute atomic E-state index is 14.6. The molecule has 3 unspecified atom stereocenters. The molecule has 0 saturated carbocycles. The van der Waals surface area contributed by atoms with Crippen LogP contribution in [0.15, 0.2) is 48.5 Å². The van der Waals surface area contributed by atoms with E-state index in [1.807, 2.05) is 62.4 Å². The fraction of sp³-hybridized carbons (Fsp3) is 0.590. The Morgan fingerprint density at radius 3 is 2.00 bits per heavy atom. The van der Waals surface area contributed by atoms with E-state index in [4.69, 9.17) is 9.47 Å². The normalized spacial score (nSPS) is 13.5. The minimum Gasteiger partial charge on any atom is -0.458 e. The maximum atomic E-state index is 14.6. The molecule has 0 aliphatic carbocycles. The zero-order chi connectivity index (χ0) is 36.8. The van der Waals surface area contributed by atoms with Gasteiger partial charge in [0.1, 0.15) is 29.3 Å². The first-order chi connectivity index (χ1) is 23.0. The van der Waals surface area contributed by atoms with E-state index >= 15 is 0 Å². The van der Waals surface area contributed by atoms with Crippen molar-refractivity contribution in [3.8, 4) is 0 Å². The van der Waals surface area contributed by atoms with Gasteiger partial charge in [-0.15, -0.1) is 0 Å². The van der Waals surface area contributed by atoms with Gasteiger partial charge >= 0.3 is 12.1 Å². The van der Waals surface area contributed by atoms with Crippen LogP contribution in [0, 0.1) is 13.8 Å². The summed E-state index contributed by atoms with van der Waals surface area (Å²) in [6.07, 6.45) is 4.95. The molecule has 2 aromatic carbocycles.